The van der Waals surface area contributed by atoms with E-state index in [0.29, 0.717) is 13.2 Å². The first kappa shape index (κ1) is 11.7. The summed E-state index contributed by atoms with van der Waals surface area (Å²) in [5.74, 6) is 1.77. The molecule has 3 nitrogen and oxygen atoms in total. The summed E-state index contributed by atoms with van der Waals surface area (Å²) in [7, 11) is 0. The van der Waals surface area contributed by atoms with Gasteiger partial charge in [0.2, 0.25) is 0 Å². The fourth-order valence-electron chi connectivity index (χ4n) is 1.86. The molecule has 90 valence electrons. The molecule has 0 aliphatic heterocycles. The standard InChI is InChI=1S/C14H17NO2/c1-2-16-13-6-4-3-5-11(13)9-12-7-8-17-14(12)10-15/h3-8H,2,9-10,15H2,1H3. The zero-order valence-electron chi connectivity index (χ0n) is 9.98. The van der Waals surface area contributed by atoms with Crippen LogP contribution in [0.3, 0.4) is 0 Å². The number of ether oxygens (including phenoxy) is 1. The van der Waals surface area contributed by atoms with Crippen LogP contribution >= 0.6 is 0 Å². The minimum absolute atomic E-state index is 0.430. The smallest absolute Gasteiger partial charge is 0.122 e. The molecule has 17 heavy (non-hydrogen) atoms. The van der Waals surface area contributed by atoms with Gasteiger partial charge in [-0.2, -0.15) is 0 Å². The number of benzene rings is 1. The molecule has 0 bridgehead atoms. The van der Waals surface area contributed by atoms with Crippen LogP contribution in [0.4, 0.5) is 0 Å². The molecule has 1 aromatic carbocycles. The van der Waals surface area contributed by atoms with E-state index in [1.165, 1.54) is 0 Å². The van der Waals surface area contributed by atoms with Gasteiger partial charge in [-0.3, -0.25) is 0 Å². The van der Waals surface area contributed by atoms with Gasteiger partial charge in [0.15, 0.2) is 0 Å². The van der Waals surface area contributed by atoms with Crippen molar-refractivity contribution in [3.05, 3.63) is 53.5 Å². The van der Waals surface area contributed by atoms with Crippen molar-refractivity contribution >= 4 is 0 Å². The zero-order valence-corrected chi connectivity index (χ0v) is 9.98. The molecular weight excluding hydrogens is 214 g/mol. The first-order chi connectivity index (χ1) is 8.35. The maximum absolute atomic E-state index is 5.62. The van der Waals surface area contributed by atoms with E-state index in [4.69, 9.17) is 14.9 Å². The Kier molecular flexibility index (Phi) is 3.83. The maximum atomic E-state index is 5.62. The molecule has 0 amide bonds. The SMILES string of the molecule is CCOc1ccccc1Cc1ccoc1CN. The van der Waals surface area contributed by atoms with Crippen LogP contribution in [-0.4, -0.2) is 6.61 Å². The lowest BCUT2D eigenvalue weighted by Gasteiger charge is -2.09. The number of furan rings is 1. The lowest BCUT2D eigenvalue weighted by molar-refractivity contribution is 0.337. The Morgan fingerprint density at radius 2 is 2.00 bits per heavy atom. The van der Waals surface area contributed by atoms with Gasteiger partial charge in [-0.25, -0.2) is 0 Å². The fraction of sp³-hybridized carbons (Fsp3) is 0.286. The average molecular weight is 231 g/mol. The highest BCUT2D eigenvalue weighted by atomic mass is 16.5. The third-order valence-corrected chi connectivity index (χ3v) is 2.68. The van der Waals surface area contributed by atoms with E-state index in [-0.39, 0.29) is 0 Å². The molecule has 0 saturated carbocycles. The van der Waals surface area contributed by atoms with Crippen LogP contribution in [0, 0.1) is 0 Å². The summed E-state index contributed by atoms with van der Waals surface area (Å²) < 4.78 is 10.9. The number of nitrogens with two attached hydrogens (primary N) is 1. The number of rotatable bonds is 5. The van der Waals surface area contributed by atoms with Crippen LogP contribution < -0.4 is 10.5 Å². The zero-order chi connectivity index (χ0) is 12.1. The first-order valence-corrected chi connectivity index (χ1v) is 5.81. The predicted octanol–water partition coefficient (Wildman–Crippen LogP) is 2.73. The lowest BCUT2D eigenvalue weighted by Crippen LogP contribution is -2.01. The molecule has 0 radical (unpaired) electrons. The molecular formula is C14H17NO2. The van der Waals surface area contributed by atoms with E-state index in [1.54, 1.807) is 6.26 Å². The summed E-state index contributed by atoms with van der Waals surface area (Å²) in [4.78, 5) is 0. The molecule has 0 fully saturated rings. The van der Waals surface area contributed by atoms with Crippen LogP contribution in [0.5, 0.6) is 5.75 Å². The van der Waals surface area contributed by atoms with E-state index >= 15 is 0 Å². The highest BCUT2D eigenvalue weighted by molar-refractivity contribution is 5.38. The van der Waals surface area contributed by atoms with Crippen molar-refractivity contribution < 1.29 is 9.15 Å². The van der Waals surface area contributed by atoms with Gasteiger partial charge in [-0.1, -0.05) is 18.2 Å². The topological polar surface area (TPSA) is 48.4 Å². The van der Waals surface area contributed by atoms with Gasteiger partial charge >= 0.3 is 0 Å². The molecule has 0 aliphatic rings. The maximum Gasteiger partial charge on any atom is 0.122 e. The van der Waals surface area contributed by atoms with Gasteiger partial charge in [0.05, 0.1) is 19.4 Å². The summed E-state index contributed by atoms with van der Waals surface area (Å²) in [6, 6.07) is 10.0. The molecule has 0 saturated heterocycles. The Morgan fingerprint density at radius 1 is 1.18 bits per heavy atom. The molecule has 0 atom stereocenters. The third kappa shape index (κ3) is 2.68. The van der Waals surface area contributed by atoms with Gasteiger partial charge in [-0.15, -0.1) is 0 Å². The van der Waals surface area contributed by atoms with Crippen LogP contribution in [0.2, 0.25) is 0 Å². The van der Waals surface area contributed by atoms with Crippen molar-refractivity contribution in [3.63, 3.8) is 0 Å². The Bertz CT molecular complexity index is 477. The minimum Gasteiger partial charge on any atom is -0.494 e. The largest absolute Gasteiger partial charge is 0.494 e. The quantitative estimate of drug-likeness (QED) is 0.860. The van der Waals surface area contributed by atoms with Crippen LogP contribution in [-0.2, 0) is 13.0 Å². The van der Waals surface area contributed by atoms with Crippen molar-refractivity contribution in [2.75, 3.05) is 6.61 Å². The summed E-state index contributed by atoms with van der Waals surface area (Å²) in [6.07, 6.45) is 2.47. The Labute approximate surface area is 101 Å². The first-order valence-electron chi connectivity index (χ1n) is 5.81. The Morgan fingerprint density at radius 3 is 2.76 bits per heavy atom. The number of hydrogen-bond donors (Lipinski definition) is 1. The molecule has 2 aromatic rings. The lowest BCUT2D eigenvalue weighted by atomic mass is 10.0. The molecule has 2 rings (SSSR count). The van der Waals surface area contributed by atoms with Crippen molar-refractivity contribution in [2.45, 2.75) is 19.9 Å². The molecule has 1 aromatic heterocycles. The average Bonchev–Trinajstić information content (AvgIpc) is 2.79. The van der Waals surface area contributed by atoms with Crippen molar-refractivity contribution in [1.82, 2.24) is 0 Å². The summed E-state index contributed by atoms with van der Waals surface area (Å²) in [5, 5.41) is 0. The molecule has 0 aliphatic carbocycles. The molecule has 0 spiro atoms. The second-order valence-corrected chi connectivity index (χ2v) is 3.79. The summed E-state index contributed by atoms with van der Waals surface area (Å²) >= 11 is 0. The van der Waals surface area contributed by atoms with E-state index in [1.807, 2.05) is 31.2 Å². The Balaban J connectivity index is 2.23. The van der Waals surface area contributed by atoms with Gasteiger partial charge in [0.1, 0.15) is 11.5 Å². The molecule has 2 N–H and O–H groups in total. The van der Waals surface area contributed by atoms with Crippen LogP contribution in [0.1, 0.15) is 23.8 Å². The normalized spacial score (nSPS) is 10.5. The second-order valence-electron chi connectivity index (χ2n) is 3.79. The van der Waals surface area contributed by atoms with Crippen LogP contribution in [0.15, 0.2) is 41.0 Å². The molecule has 0 unspecified atom stereocenters. The molecule has 1 heterocycles. The highest BCUT2D eigenvalue weighted by Crippen LogP contribution is 2.23. The monoisotopic (exact) mass is 231 g/mol. The number of hydrogen-bond acceptors (Lipinski definition) is 3. The number of para-hydroxylation sites is 1. The highest BCUT2D eigenvalue weighted by Gasteiger charge is 2.08. The van der Waals surface area contributed by atoms with E-state index in [9.17, 15) is 0 Å². The van der Waals surface area contributed by atoms with Gasteiger partial charge in [0.25, 0.3) is 0 Å². The minimum atomic E-state index is 0.430. The van der Waals surface area contributed by atoms with E-state index in [2.05, 4.69) is 6.07 Å². The summed E-state index contributed by atoms with van der Waals surface area (Å²) in [6.45, 7) is 3.09. The van der Waals surface area contributed by atoms with Gasteiger partial charge in [0, 0.05) is 6.42 Å². The van der Waals surface area contributed by atoms with E-state index < -0.39 is 0 Å². The van der Waals surface area contributed by atoms with Gasteiger partial charge < -0.3 is 14.9 Å². The second kappa shape index (κ2) is 5.55. The van der Waals surface area contributed by atoms with Crippen molar-refractivity contribution in [2.24, 2.45) is 5.73 Å². The predicted molar refractivity (Wildman–Crippen MR) is 67.0 cm³/mol. The molecule has 3 heteroatoms. The van der Waals surface area contributed by atoms with Crippen LogP contribution in [0.25, 0.3) is 0 Å². The van der Waals surface area contributed by atoms with Gasteiger partial charge in [-0.05, 0) is 30.2 Å². The Hall–Kier alpha value is -1.74. The van der Waals surface area contributed by atoms with Crippen molar-refractivity contribution in [1.29, 1.82) is 0 Å². The summed E-state index contributed by atoms with van der Waals surface area (Å²) in [5.41, 5.74) is 7.90. The third-order valence-electron chi connectivity index (χ3n) is 2.68. The van der Waals surface area contributed by atoms with Crippen molar-refractivity contribution in [3.8, 4) is 5.75 Å². The van der Waals surface area contributed by atoms with E-state index in [0.717, 1.165) is 29.1 Å². The fourth-order valence-corrected chi connectivity index (χ4v) is 1.86.